The second kappa shape index (κ2) is 33.0. The van der Waals surface area contributed by atoms with Crippen LogP contribution in [0, 0.1) is 28.6 Å². The molecule has 15 aliphatic rings. The van der Waals surface area contributed by atoms with Gasteiger partial charge in [0.05, 0.1) is 86.4 Å². The van der Waals surface area contributed by atoms with Gasteiger partial charge in [0.1, 0.15) is 47.6 Å². The highest BCUT2D eigenvalue weighted by Gasteiger charge is 2.59. The molecule has 0 atom stereocenters. The van der Waals surface area contributed by atoms with E-state index in [1.54, 1.807) is 48.5 Å². The minimum absolute atomic E-state index is 0.0649. The maximum absolute atomic E-state index is 13.2. The first-order valence-corrected chi connectivity index (χ1v) is 43.9. The predicted molar refractivity (Wildman–Crippen MR) is 413 cm³/mol. The molecule has 114 heavy (non-hydrogen) atoms. The van der Waals surface area contributed by atoms with Gasteiger partial charge in [-0.3, -0.25) is 91.8 Å². The van der Waals surface area contributed by atoms with Crippen LogP contribution >= 0.6 is 39.1 Å². The number of benzene rings is 8. The first-order valence-electron chi connectivity index (χ1n) is 36.6. The van der Waals surface area contributed by atoms with Gasteiger partial charge in [0.25, 0.3) is 0 Å². The number of ketones is 5. The van der Waals surface area contributed by atoms with Gasteiger partial charge in [0, 0.05) is 32.9 Å². The van der Waals surface area contributed by atoms with Crippen LogP contribution in [-0.4, -0.2) is 141 Å². The number of carbonyl (C=O) groups is 5. The Morgan fingerprint density at radius 2 is 0.702 bits per heavy atom. The first kappa shape index (κ1) is 82.8. The van der Waals surface area contributed by atoms with Gasteiger partial charge in [-0.2, -0.15) is 0 Å². The number of ether oxygens (including phenoxy) is 2. The lowest BCUT2D eigenvalue weighted by Crippen LogP contribution is -2.55. The van der Waals surface area contributed by atoms with E-state index >= 15 is 0 Å². The van der Waals surface area contributed by atoms with Crippen molar-refractivity contribution in [1.29, 1.82) is 0 Å². The number of rotatable bonds is 18. The smallest absolute Gasteiger partial charge is 0.475 e. The highest BCUT2D eigenvalue weighted by Crippen LogP contribution is 2.64. The average molecular weight is 1660 g/mol. The Balaban J connectivity index is 0.000000118. The summed E-state index contributed by atoms with van der Waals surface area (Å²) in [4.78, 5) is 62.3. The molecule has 8 aromatic rings. The van der Waals surface area contributed by atoms with Crippen molar-refractivity contribution in [2.45, 2.75) is 57.5 Å². The minimum Gasteiger partial charge on any atom is -0.497 e. The van der Waals surface area contributed by atoms with Crippen LogP contribution < -0.4 is 9.47 Å². The number of phosphoric acid groups is 5. The maximum atomic E-state index is 13.2. The molecule has 8 aromatic carbocycles. The molecule has 23 rings (SSSR count). The summed E-state index contributed by atoms with van der Waals surface area (Å²) < 4.78 is 146. The lowest BCUT2D eigenvalue weighted by atomic mass is 9.76. The molecule has 32 heteroatoms. The SMILES string of the molecule is CC(C)(c1ccccc1)c1cccc(C(=O)C23COP(=O)(OC2)OC3)c1.CC(C)(c1ccccc1)c1cccc(OC23COP(=O)(OC2)OC3)c1.COc1ccc(C(=O)C(=O)C23COP(=O)(OC2)OC3)cc1.Cc1cccc(-c2ccc(CC34COP(=O)(OC3)OC4)cc2)c1.O=C(C(=O)C12COP(=O)(OC1)OC2)c1ccccc1. The van der Waals surface area contributed by atoms with E-state index in [-0.39, 0.29) is 107 Å². The van der Waals surface area contributed by atoms with E-state index in [0.717, 1.165) is 23.3 Å². The van der Waals surface area contributed by atoms with E-state index in [2.05, 4.69) is 113 Å². The van der Waals surface area contributed by atoms with Crippen LogP contribution in [0.3, 0.4) is 0 Å². The molecule has 0 aromatic heterocycles. The fourth-order valence-electron chi connectivity index (χ4n) is 13.8. The Hall–Kier alpha value is -7.74. The van der Waals surface area contributed by atoms with Gasteiger partial charge in [0.15, 0.2) is 11.4 Å². The Bertz CT molecular complexity index is 5020. The largest absolute Gasteiger partial charge is 0.497 e. The topological polar surface area (TPSA) is 328 Å². The Morgan fingerprint density at radius 3 is 1.13 bits per heavy atom. The highest BCUT2D eigenvalue weighted by molar-refractivity contribution is 7.49. The van der Waals surface area contributed by atoms with Gasteiger partial charge in [-0.15, -0.1) is 0 Å². The van der Waals surface area contributed by atoms with E-state index in [9.17, 15) is 46.8 Å². The first-order chi connectivity index (χ1) is 54.3. The molecule has 27 nitrogen and oxygen atoms in total. The minimum atomic E-state index is -3.50. The molecule has 0 radical (unpaired) electrons. The van der Waals surface area contributed by atoms with Crippen molar-refractivity contribution in [3.8, 4) is 22.6 Å². The number of aryl methyl sites for hydroxylation is 1. The van der Waals surface area contributed by atoms with Crippen LogP contribution in [0.25, 0.3) is 11.1 Å². The van der Waals surface area contributed by atoms with E-state index in [4.69, 9.17) is 77.3 Å². The summed E-state index contributed by atoms with van der Waals surface area (Å²) in [5, 5.41) is 0. The molecular formula is C82H85O27P5. The van der Waals surface area contributed by atoms with Gasteiger partial charge in [0.2, 0.25) is 23.1 Å². The Kier molecular flexibility index (Phi) is 23.9. The number of phosphoric ester groups is 5. The summed E-state index contributed by atoms with van der Waals surface area (Å²) in [5.74, 6) is -1.38. The third-order valence-corrected chi connectivity index (χ3v) is 28.1. The quantitative estimate of drug-likeness (QED) is 0.0437. The molecule has 15 saturated heterocycles. The monoisotopic (exact) mass is 1660 g/mol. The highest BCUT2D eigenvalue weighted by atomic mass is 31.2. The molecule has 15 aliphatic heterocycles. The van der Waals surface area contributed by atoms with Crippen molar-refractivity contribution in [2.75, 3.05) is 106 Å². The zero-order chi connectivity index (χ0) is 80.5. The van der Waals surface area contributed by atoms with Gasteiger partial charge >= 0.3 is 39.1 Å². The lowest BCUT2D eigenvalue weighted by molar-refractivity contribution is -0.146. The van der Waals surface area contributed by atoms with Crippen LogP contribution in [0.4, 0.5) is 0 Å². The van der Waals surface area contributed by atoms with Crippen molar-refractivity contribution in [2.24, 2.45) is 21.7 Å². The van der Waals surface area contributed by atoms with Crippen LogP contribution in [0.15, 0.2) is 212 Å². The van der Waals surface area contributed by atoms with Crippen LogP contribution in [0.5, 0.6) is 11.5 Å². The summed E-state index contributed by atoms with van der Waals surface area (Å²) in [6.45, 7) is 12.1. The third-order valence-electron chi connectivity index (χ3n) is 21.4. The summed E-state index contributed by atoms with van der Waals surface area (Å²) in [6, 6.07) is 67.7. The summed E-state index contributed by atoms with van der Waals surface area (Å²) in [7, 11) is -15.5. The molecule has 10 bridgehead atoms. The fraction of sp³-hybridized carbons (Fsp3) is 0.354. The lowest BCUT2D eigenvalue weighted by Gasteiger charge is -2.44. The number of hydrogen-bond acceptors (Lipinski definition) is 27. The van der Waals surface area contributed by atoms with E-state index in [1.807, 2.05) is 72.8 Å². The van der Waals surface area contributed by atoms with Crippen molar-refractivity contribution < 1.29 is 124 Å². The molecule has 15 fully saturated rings. The van der Waals surface area contributed by atoms with Gasteiger partial charge < -0.3 is 9.47 Å². The molecule has 0 aliphatic carbocycles. The summed E-state index contributed by atoms with van der Waals surface area (Å²) in [5.41, 5.74) is 5.92. The van der Waals surface area contributed by atoms with E-state index in [0.29, 0.717) is 36.7 Å². The second-order valence-corrected chi connectivity index (χ2v) is 38.9. The van der Waals surface area contributed by atoms with E-state index < -0.39 is 84.1 Å². The molecule has 0 saturated carbocycles. The normalized spacial score (nSPS) is 29.9. The molecule has 0 amide bonds. The summed E-state index contributed by atoms with van der Waals surface area (Å²) in [6.07, 6.45) is 0.793. The van der Waals surface area contributed by atoms with Gasteiger partial charge in [-0.25, -0.2) is 22.8 Å². The summed E-state index contributed by atoms with van der Waals surface area (Å²) >= 11 is 0. The molecule has 600 valence electrons. The van der Waals surface area contributed by atoms with Gasteiger partial charge in [-0.1, -0.05) is 203 Å². The Labute approximate surface area is 659 Å². The molecule has 0 spiro atoms. The number of carbonyl (C=O) groups excluding carboxylic acids is 5. The standard InChI is InChI=1S/C20H21O5P.C19H21O5P.C18H19O4P.C13H13O7P.C12H11O6P/c1-19(2,16-8-4-3-5-9-16)17-10-6-7-15(11-17)18(21)20-12-23-26(22,24-13-20)25-14-20;1-18(2,15-7-4-3-5-8-15)16-9-6-10-17(11-16)24-19-12-21-25(20,22-13-19)23-14-19;1-14-3-2-4-17(9-14)16-7-5-15(6-8-16)10-18-11-20-23(19,21-12-18)22-13-18;1-17-10-4-2-9(3-5-10)11(14)12(15)13-6-18-21(16,19-7-13)20-8-13;13-10(9-4-2-1-3-5-9)11(14)12-6-16-19(15,17-7-12)18-8-12/h3-11H,12-14H2,1-2H3;3-11H,12-14H2,1-2H3;2-9H,10-13H2,1H3;2-5H,6-8H2,1H3;1-5H,6-8H2. The zero-order valence-corrected chi connectivity index (χ0v) is 67.8. The van der Waals surface area contributed by atoms with Crippen LogP contribution in [0.2, 0.25) is 0 Å². The molecular weight excluding hydrogens is 1570 g/mol. The van der Waals surface area contributed by atoms with E-state index in [1.165, 1.54) is 52.6 Å². The van der Waals surface area contributed by atoms with Gasteiger partial charge in [-0.05, 0) is 94.8 Å². The number of fused-ring (bicyclic) bond motifs is 15. The van der Waals surface area contributed by atoms with Crippen molar-refractivity contribution in [1.82, 2.24) is 0 Å². The maximum Gasteiger partial charge on any atom is 0.475 e. The van der Waals surface area contributed by atoms with Crippen molar-refractivity contribution in [3.63, 3.8) is 0 Å². The number of methoxy groups -OCH3 is 1. The fourth-order valence-corrected chi connectivity index (χ4v) is 21.1. The number of hydrogen-bond donors (Lipinski definition) is 0. The van der Waals surface area contributed by atoms with Crippen LogP contribution in [0.1, 0.15) is 92.1 Å². The van der Waals surface area contributed by atoms with Crippen LogP contribution in [-0.2, 0) is 118 Å². The zero-order valence-electron chi connectivity index (χ0n) is 63.3. The molecule has 0 N–H and O–H groups in total. The second-order valence-electron chi connectivity index (χ2n) is 30.5. The van der Waals surface area contributed by atoms with Crippen molar-refractivity contribution >= 4 is 68.0 Å². The third kappa shape index (κ3) is 17.9. The predicted octanol–water partition coefficient (Wildman–Crippen LogP) is 16.3. The van der Waals surface area contributed by atoms with Crippen molar-refractivity contribution in [3.05, 3.63) is 262 Å². The Morgan fingerprint density at radius 1 is 0.342 bits per heavy atom. The average Bonchev–Trinajstić information content (AvgIpc) is 0.733. The molecule has 15 heterocycles. The number of Topliss-reactive ketones (excluding diaryl/α,β-unsaturated/α-hetero) is 5. The molecule has 0 unspecified atom stereocenters.